The number of alkyl carbamates (subject to hydrolysis) is 1. The molecule has 3 amide bonds. The van der Waals surface area contributed by atoms with Crippen molar-refractivity contribution in [2.45, 2.75) is 83.1 Å². The molecule has 1 heterocycles. The third-order valence-corrected chi connectivity index (χ3v) is 5.16. The van der Waals surface area contributed by atoms with E-state index in [0.717, 1.165) is 4.90 Å². The normalized spacial score (nSPS) is 19.4. The molecule has 0 bridgehead atoms. The van der Waals surface area contributed by atoms with Gasteiger partial charge in [-0.2, -0.15) is 0 Å². The van der Waals surface area contributed by atoms with Crippen molar-refractivity contribution >= 4 is 35.5 Å². The highest BCUT2D eigenvalue weighted by Gasteiger charge is 2.57. The summed E-state index contributed by atoms with van der Waals surface area (Å²) in [5.41, 5.74) is -0.645. The van der Waals surface area contributed by atoms with Gasteiger partial charge in [-0.05, 0) is 47.6 Å². The van der Waals surface area contributed by atoms with Crippen molar-refractivity contribution in [3.63, 3.8) is 0 Å². The number of benzene rings is 1. The van der Waals surface area contributed by atoms with E-state index >= 15 is 0 Å². The van der Waals surface area contributed by atoms with Crippen LogP contribution >= 0.6 is 11.8 Å². The summed E-state index contributed by atoms with van der Waals surface area (Å²) in [6.45, 7) is 16.2. The molecule has 1 aliphatic heterocycles. The number of carbonyl (C=O) groups excluding carboxylic acids is 3. The molecule has 30 heavy (non-hydrogen) atoms. The van der Waals surface area contributed by atoms with E-state index in [1.165, 1.54) is 11.8 Å². The predicted octanol–water partition coefficient (Wildman–Crippen LogP) is 5.18. The number of hydrogen-bond acceptors (Lipinski definition) is 6. The number of nitrogens with one attached hydrogen (secondary N) is 1. The average molecular weight is 437 g/mol. The highest BCUT2D eigenvalue weighted by atomic mass is 32.2. The van der Waals surface area contributed by atoms with Gasteiger partial charge in [-0.25, -0.2) is 14.5 Å². The van der Waals surface area contributed by atoms with Crippen LogP contribution in [0.25, 0.3) is 0 Å². The van der Waals surface area contributed by atoms with Crippen LogP contribution in [0.2, 0.25) is 0 Å². The van der Waals surface area contributed by atoms with Crippen LogP contribution in [0, 0.1) is 0 Å². The number of fused-ring (bicyclic) bond motifs is 1. The van der Waals surface area contributed by atoms with Crippen LogP contribution in [0.1, 0.15) is 67.9 Å². The zero-order valence-electron chi connectivity index (χ0n) is 19.2. The number of para-hydroxylation sites is 1. The van der Waals surface area contributed by atoms with Gasteiger partial charge in [0.05, 0.1) is 5.69 Å². The largest absolute Gasteiger partial charge is 0.444 e. The number of amides is 3. The van der Waals surface area contributed by atoms with Crippen molar-refractivity contribution < 1.29 is 23.9 Å². The Morgan fingerprint density at radius 1 is 0.933 bits per heavy atom. The molecule has 1 aromatic rings. The molecule has 2 rings (SSSR count). The highest BCUT2D eigenvalue weighted by Crippen LogP contribution is 2.51. The summed E-state index contributed by atoms with van der Waals surface area (Å²) in [5, 5.41) is 2.76. The first-order valence-corrected chi connectivity index (χ1v) is 10.7. The molecule has 0 aliphatic carbocycles. The van der Waals surface area contributed by atoms with Gasteiger partial charge in [0, 0.05) is 10.3 Å². The van der Waals surface area contributed by atoms with E-state index in [2.05, 4.69) is 5.32 Å². The van der Waals surface area contributed by atoms with Gasteiger partial charge < -0.3 is 9.47 Å². The van der Waals surface area contributed by atoms with E-state index < -0.39 is 38.9 Å². The second kappa shape index (κ2) is 7.80. The smallest absolute Gasteiger partial charge is 0.421 e. The fourth-order valence-electron chi connectivity index (χ4n) is 2.99. The van der Waals surface area contributed by atoms with E-state index in [9.17, 15) is 14.4 Å². The zero-order chi connectivity index (χ0) is 23.1. The third kappa shape index (κ3) is 5.47. The zero-order valence-corrected chi connectivity index (χ0v) is 20.0. The van der Waals surface area contributed by atoms with Crippen molar-refractivity contribution in [2.75, 3.05) is 4.90 Å². The SMILES string of the molecule is CC(C)(C)OC(=O)N[C@@]1(SC(C)(C)C)C(=O)N(C(=O)OC(C)(C)C)c2ccccc21. The summed E-state index contributed by atoms with van der Waals surface area (Å²) in [4.78, 5) is 38.9. The predicted molar refractivity (Wildman–Crippen MR) is 119 cm³/mol. The maximum atomic E-state index is 13.7. The van der Waals surface area contributed by atoms with Crippen molar-refractivity contribution in [2.24, 2.45) is 0 Å². The van der Waals surface area contributed by atoms with Crippen molar-refractivity contribution in [1.29, 1.82) is 0 Å². The number of ether oxygens (including phenoxy) is 2. The number of nitrogens with zero attached hydrogens (tertiary/aromatic N) is 1. The molecule has 1 aliphatic rings. The van der Waals surface area contributed by atoms with Crippen LogP contribution in [0.5, 0.6) is 0 Å². The number of rotatable bonds is 2. The number of anilines is 1. The van der Waals surface area contributed by atoms with Crippen LogP contribution in [-0.2, 0) is 19.1 Å². The summed E-state index contributed by atoms with van der Waals surface area (Å²) >= 11 is 1.25. The van der Waals surface area contributed by atoms with Gasteiger partial charge >= 0.3 is 12.2 Å². The van der Waals surface area contributed by atoms with E-state index in [0.29, 0.717) is 11.3 Å². The lowest BCUT2D eigenvalue weighted by atomic mass is 10.1. The average Bonchev–Trinajstić information content (AvgIpc) is 2.71. The second-order valence-electron chi connectivity index (χ2n) is 10.2. The van der Waals surface area contributed by atoms with Crippen LogP contribution in [-0.4, -0.2) is 34.0 Å². The minimum atomic E-state index is -1.53. The van der Waals surface area contributed by atoms with Crippen molar-refractivity contribution in [1.82, 2.24) is 5.32 Å². The van der Waals surface area contributed by atoms with E-state index in [4.69, 9.17) is 9.47 Å². The fraction of sp³-hybridized carbons (Fsp3) is 0.591. The Balaban J connectivity index is 2.59. The molecule has 0 saturated carbocycles. The highest BCUT2D eigenvalue weighted by molar-refractivity contribution is 8.02. The van der Waals surface area contributed by atoms with E-state index in [1.54, 1.807) is 65.8 Å². The topological polar surface area (TPSA) is 84.9 Å². The molecule has 0 fully saturated rings. The summed E-state index contributed by atoms with van der Waals surface area (Å²) in [6.07, 6.45) is -1.53. The Bertz CT molecular complexity index is 848. The molecule has 0 unspecified atom stereocenters. The standard InChI is InChI=1S/C22H32N2O5S/c1-19(2,3)28-17(26)23-22(30-21(7,8)9)14-12-10-11-13-15(14)24(16(22)25)18(27)29-20(4,5)6/h10-13H,1-9H3,(H,23,26)/t22-/m0/s1. The fourth-order valence-corrected chi connectivity index (χ4v) is 4.50. The minimum Gasteiger partial charge on any atom is -0.444 e. The lowest BCUT2D eigenvalue weighted by Gasteiger charge is -2.35. The summed E-state index contributed by atoms with van der Waals surface area (Å²) in [6, 6.07) is 6.89. The lowest BCUT2D eigenvalue weighted by molar-refractivity contribution is -0.121. The van der Waals surface area contributed by atoms with Gasteiger partial charge in [-0.3, -0.25) is 10.1 Å². The Morgan fingerprint density at radius 2 is 1.47 bits per heavy atom. The quantitative estimate of drug-likeness (QED) is 0.643. The minimum absolute atomic E-state index is 0.379. The number of hydrogen-bond donors (Lipinski definition) is 1. The third-order valence-electron chi connectivity index (χ3n) is 3.74. The van der Waals surface area contributed by atoms with Gasteiger partial charge in [0.25, 0.3) is 5.91 Å². The number of carbonyl (C=O) groups is 3. The van der Waals surface area contributed by atoms with Gasteiger partial charge in [0.1, 0.15) is 11.2 Å². The maximum Gasteiger partial charge on any atom is 0.421 e. The van der Waals surface area contributed by atoms with Crippen LogP contribution in [0.15, 0.2) is 24.3 Å². The van der Waals surface area contributed by atoms with Crippen molar-refractivity contribution in [3.8, 4) is 0 Å². The van der Waals surface area contributed by atoms with Gasteiger partial charge in [-0.1, -0.05) is 39.0 Å². The Labute approximate surface area is 182 Å². The lowest BCUT2D eigenvalue weighted by Crippen LogP contribution is -2.54. The Morgan fingerprint density at radius 3 is 1.97 bits per heavy atom. The summed E-state index contributed by atoms with van der Waals surface area (Å²) in [7, 11) is 0. The molecule has 0 radical (unpaired) electrons. The summed E-state index contributed by atoms with van der Waals surface area (Å²) in [5.74, 6) is -0.594. The first-order valence-electron chi connectivity index (χ1n) is 9.84. The first-order chi connectivity index (χ1) is 13.5. The number of thioether (sulfide) groups is 1. The molecule has 1 N–H and O–H groups in total. The van der Waals surface area contributed by atoms with Gasteiger partial charge in [0.2, 0.25) is 0 Å². The maximum absolute atomic E-state index is 13.7. The molecule has 1 atom stereocenters. The summed E-state index contributed by atoms with van der Waals surface area (Å²) < 4.78 is 10.5. The molecular weight excluding hydrogens is 404 g/mol. The van der Waals surface area contributed by atoms with Crippen LogP contribution in [0.4, 0.5) is 15.3 Å². The Kier molecular flexibility index (Phi) is 6.25. The molecule has 8 heteroatoms. The van der Waals surface area contributed by atoms with Gasteiger partial charge in [-0.15, -0.1) is 11.8 Å². The molecule has 0 saturated heterocycles. The molecule has 1 aromatic carbocycles. The monoisotopic (exact) mass is 436 g/mol. The van der Waals surface area contributed by atoms with Gasteiger partial charge in [0.15, 0.2) is 4.87 Å². The van der Waals surface area contributed by atoms with Crippen LogP contribution < -0.4 is 10.2 Å². The molecule has 0 aromatic heterocycles. The molecule has 166 valence electrons. The molecular formula is C22H32N2O5S. The van der Waals surface area contributed by atoms with E-state index in [-0.39, 0.29) is 0 Å². The molecule has 0 spiro atoms. The van der Waals surface area contributed by atoms with Crippen LogP contribution in [0.3, 0.4) is 0 Å². The molecule has 7 nitrogen and oxygen atoms in total. The van der Waals surface area contributed by atoms with E-state index in [1.807, 2.05) is 20.8 Å². The number of imide groups is 1. The van der Waals surface area contributed by atoms with Crippen molar-refractivity contribution in [3.05, 3.63) is 29.8 Å². The first kappa shape index (κ1) is 24.1. The second-order valence-corrected chi connectivity index (χ2v) is 12.2. The Hall–Kier alpha value is -2.22.